The van der Waals surface area contributed by atoms with Gasteiger partial charge in [0, 0.05) is 31.7 Å². The van der Waals surface area contributed by atoms with Crippen molar-refractivity contribution in [3.8, 4) is 11.3 Å². The van der Waals surface area contributed by atoms with Crippen LogP contribution in [0.4, 0.5) is 5.13 Å². The van der Waals surface area contributed by atoms with E-state index in [1.165, 1.54) is 5.56 Å². The number of benzene rings is 1. The number of imidazole rings is 1. The average Bonchev–Trinajstić information content (AvgIpc) is 3.44. The Balaban J connectivity index is 1.33. The van der Waals surface area contributed by atoms with Crippen LogP contribution in [-0.2, 0) is 4.79 Å². The molecule has 0 saturated carbocycles. The number of aromatic nitrogens is 3. The van der Waals surface area contributed by atoms with Gasteiger partial charge in [0.2, 0.25) is 16.0 Å². The number of aryl methyl sites for hydroxylation is 1. The van der Waals surface area contributed by atoms with E-state index in [1.807, 2.05) is 10.7 Å². The largest absolute Gasteiger partial charge is 0.346 e. The number of anilines is 1. The summed E-state index contributed by atoms with van der Waals surface area (Å²) in [5.41, 5.74) is 3.30. The molecule has 146 valence electrons. The minimum absolute atomic E-state index is 0.103. The van der Waals surface area contributed by atoms with Crippen LogP contribution in [0.1, 0.15) is 31.2 Å². The minimum Gasteiger partial charge on any atom is -0.346 e. The summed E-state index contributed by atoms with van der Waals surface area (Å²) in [4.78, 5) is 22.8. The molecule has 0 spiro atoms. The van der Waals surface area contributed by atoms with Crippen LogP contribution in [0.3, 0.4) is 0 Å². The third-order valence-corrected chi connectivity index (χ3v) is 6.82. The molecule has 1 unspecified atom stereocenters. The average molecular weight is 396 g/mol. The van der Waals surface area contributed by atoms with Gasteiger partial charge in [-0.2, -0.15) is 0 Å². The van der Waals surface area contributed by atoms with E-state index in [1.54, 1.807) is 11.3 Å². The molecule has 5 rings (SSSR count). The summed E-state index contributed by atoms with van der Waals surface area (Å²) in [7, 11) is 0. The molecule has 1 atom stereocenters. The second-order valence-electron chi connectivity index (χ2n) is 7.92. The number of likely N-dealkylation sites (tertiary alicyclic amines) is 1. The van der Waals surface area contributed by atoms with E-state index in [2.05, 4.69) is 41.0 Å². The van der Waals surface area contributed by atoms with Gasteiger partial charge in [0.1, 0.15) is 0 Å². The summed E-state index contributed by atoms with van der Waals surface area (Å²) in [6.45, 7) is 5.69. The lowest BCUT2D eigenvalue weighted by atomic mass is 9.97. The first-order valence-electron chi connectivity index (χ1n) is 10.1. The highest BCUT2D eigenvalue weighted by Crippen LogP contribution is 2.30. The van der Waals surface area contributed by atoms with Crippen molar-refractivity contribution in [2.45, 2.75) is 32.6 Å². The molecule has 0 N–H and O–H groups in total. The summed E-state index contributed by atoms with van der Waals surface area (Å²) < 4.78 is 1.88. The van der Waals surface area contributed by atoms with Crippen molar-refractivity contribution in [3.05, 3.63) is 36.0 Å². The number of carbonyl (C=O) groups is 1. The molecule has 1 aromatic carbocycles. The van der Waals surface area contributed by atoms with Gasteiger partial charge in [-0.1, -0.05) is 41.2 Å². The lowest BCUT2D eigenvalue weighted by Gasteiger charge is -2.33. The molecule has 1 amide bonds. The normalized spacial score (nSPS) is 20.2. The highest BCUT2D eigenvalue weighted by Gasteiger charge is 2.31. The van der Waals surface area contributed by atoms with E-state index in [4.69, 9.17) is 10.1 Å². The summed E-state index contributed by atoms with van der Waals surface area (Å²) in [5, 5.41) is 5.73. The van der Waals surface area contributed by atoms with Gasteiger partial charge in [0.15, 0.2) is 0 Å². The van der Waals surface area contributed by atoms with Crippen LogP contribution in [0.25, 0.3) is 16.2 Å². The van der Waals surface area contributed by atoms with E-state index in [0.717, 1.165) is 73.2 Å². The number of hydrogen-bond acceptors (Lipinski definition) is 5. The number of rotatable bonds is 3. The van der Waals surface area contributed by atoms with E-state index in [0.29, 0.717) is 5.91 Å². The standard InChI is InChI=1S/C21H25N5OS/c1-15-6-8-16(9-7-15)18-14-26-20(22-18)28-21(23-26)25-12-4-5-17(13-25)19(27)24-10-2-3-11-24/h6-9,14,17H,2-5,10-13H2,1H3. The Bertz CT molecular complexity index is 955. The fraction of sp³-hybridized carbons (Fsp3) is 0.476. The quantitative estimate of drug-likeness (QED) is 0.680. The molecule has 4 heterocycles. The maximum atomic E-state index is 12.8. The summed E-state index contributed by atoms with van der Waals surface area (Å²) >= 11 is 1.61. The first-order valence-corrected chi connectivity index (χ1v) is 11.0. The fourth-order valence-electron chi connectivity index (χ4n) is 4.23. The Morgan fingerprint density at radius 2 is 1.89 bits per heavy atom. The lowest BCUT2D eigenvalue weighted by molar-refractivity contribution is -0.134. The Labute approximate surface area is 168 Å². The number of piperidine rings is 1. The molecule has 2 saturated heterocycles. The highest BCUT2D eigenvalue weighted by atomic mass is 32.1. The molecule has 7 heteroatoms. The first kappa shape index (κ1) is 17.7. The van der Waals surface area contributed by atoms with Crippen LogP contribution >= 0.6 is 11.3 Å². The molecule has 2 aliphatic heterocycles. The molecule has 2 aromatic heterocycles. The van der Waals surface area contributed by atoms with E-state index in [-0.39, 0.29) is 5.92 Å². The second-order valence-corrected chi connectivity index (χ2v) is 8.86. The molecule has 6 nitrogen and oxygen atoms in total. The Hall–Kier alpha value is -2.41. The molecule has 3 aromatic rings. The van der Waals surface area contributed by atoms with Gasteiger partial charge < -0.3 is 9.80 Å². The molecule has 28 heavy (non-hydrogen) atoms. The molecule has 2 aliphatic rings. The van der Waals surface area contributed by atoms with Gasteiger partial charge in [-0.3, -0.25) is 4.79 Å². The zero-order valence-electron chi connectivity index (χ0n) is 16.2. The van der Waals surface area contributed by atoms with Crippen molar-refractivity contribution in [2.24, 2.45) is 5.92 Å². The van der Waals surface area contributed by atoms with Gasteiger partial charge in [0.25, 0.3) is 0 Å². The van der Waals surface area contributed by atoms with Crippen molar-refractivity contribution >= 4 is 27.3 Å². The summed E-state index contributed by atoms with van der Waals surface area (Å²) in [6, 6.07) is 8.41. The molecule has 0 radical (unpaired) electrons. The zero-order valence-corrected chi connectivity index (χ0v) is 17.0. The van der Waals surface area contributed by atoms with Gasteiger partial charge in [0.05, 0.1) is 17.8 Å². The zero-order chi connectivity index (χ0) is 19.1. The third kappa shape index (κ3) is 3.28. The van der Waals surface area contributed by atoms with E-state index < -0.39 is 0 Å². The van der Waals surface area contributed by atoms with E-state index in [9.17, 15) is 4.79 Å². The number of fused-ring (bicyclic) bond motifs is 1. The Morgan fingerprint density at radius 1 is 1.11 bits per heavy atom. The van der Waals surface area contributed by atoms with Crippen LogP contribution < -0.4 is 4.90 Å². The predicted molar refractivity (Wildman–Crippen MR) is 112 cm³/mol. The molecular weight excluding hydrogens is 370 g/mol. The lowest BCUT2D eigenvalue weighted by Crippen LogP contribution is -2.44. The van der Waals surface area contributed by atoms with Crippen LogP contribution in [0.2, 0.25) is 0 Å². The van der Waals surface area contributed by atoms with Gasteiger partial charge >= 0.3 is 0 Å². The van der Waals surface area contributed by atoms with Gasteiger partial charge in [-0.25, -0.2) is 9.50 Å². The maximum Gasteiger partial charge on any atom is 0.227 e. The van der Waals surface area contributed by atoms with Crippen LogP contribution in [0.15, 0.2) is 30.5 Å². The first-order chi connectivity index (χ1) is 13.7. The number of amides is 1. The monoisotopic (exact) mass is 395 g/mol. The predicted octanol–water partition coefficient (Wildman–Crippen LogP) is 3.61. The summed E-state index contributed by atoms with van der Waals surface area (Å²) in [6.07, 6.45) is 6.33. The van der Waals surface area contributed by atoms with Crippen molar-refractivity contribution in [1.82, 2.24) is 19.5 Å². The molecular formula is C21H25N5OS. The van der Waals surface area contributed by atoms with Crippen molar-refractivity contribution in [3.63, 3.8) is 0 Å². The van der Waals surface area contributed by atoms with Crippen LogP contribution in [0, 0.1) is 12.8 Å². The Morgan fingerprint density at radius 3 is 2.64 bits per heavy atom. The smallest absolute Gasteiger partial charge is 0.227 e. The van der Waals surface area contributed by atoms with Crippen LogP contribution in [-0.4, -0.2) is 51.6 Å². The van der Waals surface area contributed by atoms with Crippen molar-refractivity contribution in [2.75, 3.05) is 31.1 Å². The topological polar surface area (TPSA) is 53.7 Å². The fourth-order valence-corrected chi connectivity index (χ4v) is 5.15. The third-order valence-electron chi connectivity index (χ3n) is 5.84. The maximum absolute atomic E-state index is 12.8. The molecule has 0 aliphatic carbocycles. The van der Waals surface area contributed by atoms with Crippen LogP contribution in [0.5, 0.6) is 0 Å². The Kier molecular flexibility index (Phi) is 4.55. The second kappa shape index (κ2) is 7.20. The number of hydrogen-bond donors (Lipinski definition) is 0. The van der Waals surface area contributed by atoms with Gasteiger partial charge in [-0.05, 0) is 32.6 Å². The number of nitrogens with zero attached hydrogens (tertiary/aromatic N) is 5. The number of carbonyl (C=O) groups excluding carboxylic acids is 1. The highest BCUT2D eigenvalue weighted by molar-refractivity contribution is 7.20. The summed E-state index contributed by atoms with van der Waals surface area (Å²) in [5.74, 6) is 0.441. The molecule has 2 fully saturated rings. The molecule has 0 bridgehead atoms. The van der Waals surface area contributed by atoms with E-state index >= 15 is 0 Å². The van der Waals surface area contributed by atoms with Crippen molar-refractivity contribution in [1.29, 1.82) is 0 Å². The minimum atomic E-state index is 0.103. The SMILES string of the molecule is Cc1ccc(-c2cn3nc(N4CCCC(C(=O)N5CCCC5)C4)sc3n2)cc1. The van der Waals surface area contributed by atoms with Gasteiger partial charge in [-0.15, -0.1) is 5.10 Å². The van der Waals surface area contributed by atoms with Crippen molar-refractivity contribution < 1.29 is 4.79 Å².